The minimum absolute atomic E-state index is 0.0126. The fourth-order valence-electron chi connectivity index (χ4n) is 3.72. The van der Waals surface area contributed by atoms with E-state index < -0.39 is 10.0 Å². The van der Waals surface area contributed by atoms with E-state index in [0.29, 0.717) is 23.0 Å². The Bertz CT molecular complexity index is 971. The van der Waals surface area contributed by atoms with Gasteiger partial charge in [0.25, 0.3) is 0 Å². The average Bonchev–Trinajstić information content (AvgIpc) is 2.68. The van der Waals surface area contributed by atoms with Crippen molar-refractivity contribution in [1.29, 1.82) is 0 Å². The lowest BCUT2D eigenvalue weighted by Crippen LogP contribution is -2.33. The predicted molar refractivity (Wildman–Crippen MR) is 112 cm³/mol. The molecule has 156 valence electrons. The van der Waals surface area contributed by atoms with Crippen molar-refractivity contribution < 1.29 is 17.6 Å². The Kier molecular flexibility index (Phi) is 6.54. The first-order valence-electron chi connectivity index (χ1n) is 9.68. The average molecular weight is 420 g/mol. The first kappa shape index (κ1) is 21.3. The van der Waals surface area contributed by atoms with Crippen LogP contribution in [0, 0.1) is 5.82 Å². The van der Waals surface area contributed by atoms with Gasteiger partial charge in [-0.2, -0.15) is 0 Å². The third-order valence-electron chi connectivity index (χ3n) is 5.35. The lowest BCUT2D eigenvalue weighted by atomic mass is 9.94. The number of nitrogens with two attached hydrogens (primary N) is 1. The van der Waals surface area contributed by atoms with E-state index in [4.69, 9.17) is 5.14 Å². The molecule has 0 spiro atoms. The van der Waals surface area contributed by atoms with Crippen molar-refractivity contribution in [2.75, 3.05) is 17.3 Å². The highest BCUT2D eigenvalue weighted by atomic mass is 32.2. The molecule has 3 N–H and O–H groups in total. The minimum Gasteiger partial charge on any atom is -0.369 e. The summed E-state index contributed by atoms with van der Waals surface area (Å²) in [7, 11) is -1.85. The summed E-state index contributed by atoms with van der Waals surface area (Å²) in [6.07, 6.45) is 5.75. The van der Waals surface area contributed by atoms with Crippen LogP contribution in [0.2, 0.25) is 0 Å². The van der Waals surface area contributed by atoms with Crippen molar-refractivity contribution in [2.24, 2.45) is 5.14 Å². The molecule has 0 saturated heterocycles. The molecular formula is C21H26FN3O3S. The van der Waals surface area contributed by atoms with Gasteiger partial charge < -0.3 is 10.2 Å². The first-order chi connectivity index (χ1) is 13.7. The van der Waals surface area contributed by atoms with Crippen molar-refractivity contribution >= 4 is 27.3 Å². The zero-order valence-electron chi connectivity index (χ0n) is 16.4. The molecule has 0 bridgehead atoms. The lowest BCUT2D eigenvalue weighted by Gasteiger charge is -2.33. The maximum absolute atomic E-state index is 14.6. The summed E-state index contributed by atoms with van der Waals surface area (Å²) in [5.74, 6) is -0.686. The number of nitrogens with one attached hydrogen (secondary N) is 1. The van der Waals surface area contributed by atoms with Crippen LogP contribution in [0.4, 0.5) is 15.8 Å². The van der Waals surface area contributed by atoms with E-state index in [0.717, 1.165) is 12.8 Å². The Morgan fingerprint density at radius 2 is 1.79 bits per heavy atom. The van der Waals surface area contributed by atoms with Crippen LogP contribution in [-0.2, 0) is 21.2 Å². The number of halogens is 1. The Morgan fingerprint density at radius 3 is 2.38 bits per heavy atom. The molecular weight excluding hydrogens is 393 g/mol. The number of carbonyl (C=O) groups is 1. The van der Waals surface area contributed by atoms with Gasteiger partial charge in [0.05, 0.1) is 17.0 Å². The van der Waals surface area contributed by atoms with E-state index in [1.165, 1.54) is 49.6 Å². The molecule has 0 aliphatic heterocycles. The molecule has 8 heteroatoms. The Labute approximate surface area is 171 Å². The minimum atomic E-state index is -3.77. The second-order valence-corrected chi connectivity index (χ2v) is 9.04. The molecule has 0 atom stereocenters. The van der Waals surface area contributed by atoms with E-state index in [-0.39, 0.29) is 23.0 Å². The van der Waals surface area contributed by atoms with Crippen LogP contribution in [0.3, 0.4) is 0 Å². The molecule has 2 aromatic carbocycles. The second-order valence-electron chi connectivity index (χ2n) is 7.48. The monoisotopic (exact) mass is 419 g/mol. The van der Waals surface area contributed by atoms with Gasteiger partial charge in [0.15, 0.2) is 0 Å². The zero-order chi connectivity index (χ0) is 21.0. The normalized spacial score (nSPS) is 15.1. The van der Waals surface area contributed by atoms with Crippen LogP contribution >= 0.6 is 0 Å². The van der Waals surface area contributed by atoms with Gasteiger partial charge in [-0.05, 0) is 48.7 Å². The standard InChI is InChI=1S/C21H26FN3O3S/c1-25(17-5-3-2-4-6-17)20-12-9-16(14-19(20)22)24-21(26)13-15-7-10-18(11-8-15)29(23,27)28/h7-12,14,17H,2-6,13H2,1H3,(H,24,26)(H2,23,27,28). The highest BCUT2D eigenvalue weighted by molar-refractivity contribution is 7.89. The first-order valence-corrected chi connectivity index (χ1v) is 11.2. The molecule has 1 saturated carbocycles. The molecule has 2 aromatic rings. The van der Waals surface area contributed by atoms with E-state index >= 15 is 0 Å². The van der Waals surface area contributed by atoms with Crippen molar-refractivity contribution in [3.63, 3.8) is 0 Å². The number of sulfonamides is 1. The van der Waals surface area contributed by atoms with E-state index in [2.05, 4.69) is 5.32 Å². The Hall–Kier alpha value is -2.45. The second kappa shape index (κ2) is 8.92. The summed E-state index contributed by atoms with van der Waals surface area (Å²) in [5, 5.41) is 7.74. The van der Waals surface area contributed by atoms with Crippen LogP contribution in [-0.4, -0.2) is 27.4 Å². The maximum Gasteiger partial charge on any atom is 0.238 e. The summed E-state index contributed by atoms with van der Waals surface area (Å²) in [6.45, 7) is 0. The molecule has 29 heavy (non-hydrogen) atoms. The van der Waals surface area contributed by atoms with Gasteiger partial charge in [-0.25, -0.2) is 17.9 Å². The van der Waals surface area contributed by atoms with E-state index in [1.54, 1.807) is 12.1 Å². The smallest absolute Gasteiger partial charge is 0.238 e. The fraction of sp³-hybridized carbons (Fsp3) is 0.381. The number of benzene rings is 2. The summed E-state index contributed by atoms with van der Waals surface area (Å²) >= 11 is 0. The summed E-state index contributed by atoms with van der Waals surface area (Å²) in [5.41, 5.74) is 1.55. The SMILES string of the molecule is CN(c1ccc(NC(=O)Cc2ccc(S(N)(=O)=O)cc2)cc1F)C1CCCCC1. The van der Waals surface area contributed by atoms with Crippen LogP contribution in [0.1, 0.15) is 37.7 Å². The number of amides is 1. The Morgan fingerprint density at radius 1 is 1.14 bits per heavy atom. The number of hydrogen-bond acceptors (Lipinski definition) is 4. The van der Waals surface area contributed by atoms with Crippen LogP contribution in [0.15, 0.2) is 47.4 Å². The fourth-order valence-corrected chi connectivity index (χ4v) is 4.24. The van der Waals surface area contributed by atoms with Gasteiger partial charge in [0, 0.05) is 18.8 Å². The quantitative estimate of drug-likeness (QED) is 0.750. The molecule has 1 amide bonds. The molecule has 0 heterocycles. The molecule has 1 aliphatic rings. The topological polar surface area (TPSA) is 92.5 Å². The molecule has 0 radical (unpaired) electrons. The van der Waals surface area contributed by atoms with Gasteiger partial charge in [0.2, 0.25) is 15.9 Å². The highest BCUT2D eigenvalue weighted by Gasteiger charge is 2.20. The van der Waals surface area contributed by atoms with E-state index in [1.807, 2.05) is 11.9 Å². The molecule has 3 rings (SSSR count). The summed E-state index contributed by atoms with van der Waals surface area (Å²) in [4.78, 5) is 14.2. The number of primary sulfonamides is 1. The molecule has 6 nitrogen and oxygen atoms in total. The third-order valence-corrected chi connectivity index (χ3v) is 6.28. The maximum atomic E-state index is 14.6. The molecule has 1 aliphatic carbocycles. The molecule has 1 fully saturated rings. The number of rotatable bonds is 6. The van der Waals surface area contributed by atoms with Crippen molar-refractivity contribution in [3.05, 3.63) is 53.8 Å². The van der Waals surface area contributed by atoms with E-state index in [9.17, 15) is 17.6 Å². The zero-order valence-corrected chi connectivity index (χ0v) is 17.2. The van der Waals surface area contributed by atoms with Gasteiger partial charge in [-0.1, -0.05) is 31.4 Å². The van der Waals surface area contributed by atoms with Gasteiger partial charge in [-0.3, -0.25) is 4.79 Å². The van der Waals surface area contributed by atoms with Crippen molar-refractivity contribution in [2.45, 2.75) is 49.5 Å². The van der Waals surface area contributed by atoms with Crippen molar-refractivity contribution in [3.8, 4) is 0 Å². The van der Waals surface area contributed by atoms with Crippen molar-refractivity contribution in [1.82, 2.24) is 0 Å². The highest BCUT2D eigenvalue weighted by Crippen LogP contribution is 2.29. The Balaban J connectivity index is 1.62. The number of nitrogens with zero attached hydrogens (tertiary/aromatic N) is 1. The van der Waals surface area contributed by atoms with Crippen LogP contribution in [0.5, 0.6) is 0 Å². The van der Waals surface area contributed by atoms with Crippen LogP contribution in [0.25, 0.3) is 0 Å². The number of carbonyl (C=O) groups excluding carboxylic acids is 1. The third kappa shape index (κ3) is 5.55. The molecule has 0 aromatic heterocycles. The largest absolute Gasteiger partial charge is 0.369 e. The number of anilines is 2. The van der Waals surface area contributed by atoms with Gasteiger partial charge in [0.1, 0.15) is 5.82 Å². The van der Waals surface area contributed by atoms with Crippen LogP contribution < -0.4 is 15.4 Å². The van der Waals surface area contributed by atoms with Gasteiger partial charge in [-0.15, -0.1) is 0 Å². The lowest BCUT2D eigenvalue weighted by molar-refractivity contribution is -0.115. The molecule has 0 unspecified atom stereocenters. The summed E-state index contributed by atoms with van der Waals surface area (Å²) < 4.78 is 37.2. The van der Waals surface area contributed by atoms with Gasteiger partial charge >= 0.3 is 0 Å². The predicted octanol–water partition coefficient (Wildman–Crippen LogP) is 3.42. The number of hydrogen-bond donors (Lipinski definition) is 2. The summed E-state index contributed by atoms with van der Waals surface area (Å²) in [6, 6.07) is 10.8.